The van der Waals surface area contributed by atoms with E-state index in [1.54, 1.807) is 14.2 Å². The molecule has 5 rings (SSSR count). The Labute approximate surface area is 201 Å². The van der Waals surface area contributed by atoms with Crippen molar-refractivity contribution in [1.29, 1.82) is 0 Å². The third kappa shape index (κ3) is 4.05. The number of nitrogens with zero attached hydrogens (tertiary/aromatic N) is 3. The predicted molar refractivity (Wildman–Crippen MR) is 133 cm³/mol. The zero-order valence-corrected chi connectivity index (χ0v) is 19.9. The molecule has 2 aromatic carbocycles. The summed E-state index contributed by atoms with van der Waals surface area (Å²) >= 11 is 1.48. The molecule has 0 aliphatic carbocycles. The number of carbonyl (C=O) groups excluding carboxylic acids is 1. The van der Waals surface area contributed by atoms with Crippen LogP contribution in [0, 0.1) is 0 Å². The number of aromatic nitrogens is 2. The fourth-order valence-corrected chi connectivity index (χ4v) is 5.54. The van der Waals surface area contributed by atoms with E-state index >= 15 is 0 Å². The minimum atomic E-state index is -0.202. The first-order valence-electron chi connectivity index (χ1n) is 11.1. The van der Waals surface area contributed by atoms with Crippen molar-refractivity contribution < 1.29 is 14.3 Å². The van der Waals surface area contributed by atoms with Crippen LogP contribution in [0.1, 0.15) is 24.4 Å². The van der Waals surface area contributed by atoms with Crippen molar-refractivity contribution in [1.82, 2.24) is 14.5 Å². The zero-order chi connectivity index (χ0) is 23.7. The lowest BCUT2D eigenvalue weighted by atomic mass is 10.0. The van der Waals surface area contributed by atoms with Crippen molar-refractivity contribution in [2.75, 3.05) is 20.8 Å². The average molecular weight is 476 g/mol. The summed E-state index contributed by atoms with van der Waals surface area (Å²) in [5.41, 5.74) is 1.75. The van der Waals surface area contributed by atoms with Gasteiger partial charge < -0.3 is 14.4 Å². The first-order chi connectivity index (χ1) is 16.6. The molecule has 0 unspecified atom stereocenters. The summed E-state index contributed by atoms with van der Waals surface area (Å²) in [4.78, 5) is 34.5. The molecule has 0 saturated carbocycles. The van der Waals surface area contributed by atoms with Crippen LogP contribution in [-0.4, -0.2) is 41.1 Å². The van der Waals surface area contributed by atoms with E-state index in [1.807, 2.05) is 59.5 Å². The number of amides is 1. The highest BCUT2D eigenvalue weighted by Gasteiger charge is 2.32. The summed E-state index contributed by atoms with van der Waals surface area (Å²) in [6, 6.07) is 17.3. The van der Waals surface area contributed by atoms with Gasteiger partial charge in [-0.15, -0.1) is 11.3 Å². The number of hydrogen-bond donors (Lipinski definition) is 0. The summed E-state index contributed by atoms with van der Waals surface area (Å²) < 4.78 is 12.3. The Morgan fingerprint density at radius 1 is 1.12 bits per heavy atom. The van der Waals surface area contributed by atoms with Crippen molar-refractivity contribution >= 4 is 27.5 Å². The maximum absolute atomic E-state index is 13.3. The molecule has 1 atom stereocenters. The molecule has 1 amide bonds. The zero-order valence-electron chi connectivity index (χ0n) is 19.1. The number of thiophene rings is 1. The summed E-state index contributed by atoms with van der Waals surface area (Å²) in [6.45, 7) is 0.575. The highest BCUT2D eigenvalue weighted by atomic mass is 32.1. The van der Waals surface area contributed by atoms with Gasteiger partial charge in [0, 0.05) is 17.0 Å². The van der Waals surface area contributed by atoms with Gasteiger partial charge in [0.1, 0.15) is 22.9 Å². The lowest BCUT2D eigenvalue weighted by Gasteiger charge is -2.27. The van der Waals surface area contributed by atoms with Gasteiger partial charge in [0.15, 0.2) is 0 Å². The van der Waals surface area contributed by atoms with Gasteiger partial charge in [-0.2, -0.15) is 0 Å². The Hall–Kier alpha value is -3.65. The average Bonchev–Trinajstić information content (AvgIpc) is 3.54. The van der Waals surface area contributed by atoms with Gasteiger partial charge >= 0.3 is 0 Å². The lowest BCUT2D eigenvalue weighted by molar-refractivity contribution is -0.132. The van der Waals surface area contributed by atoms with Crippen LogP contribution < -0.4 is 15.0 Å². The van der Waals surface area contributed by atoms with Gasteiger partial charge in [-0.05, 0) is 42.7 Å². The number of likely N-dealkylation sites (tertiary alicyclic amines) is 1. The normalized spacial score (nSPS) is 15.6. The van der Waals surface area contributed by atoms with Gasteiger partial charge in [-0.25, -0.2) is 4.98 Å². The molecule has 2 aromatic heterocycles. The molecule has 0 N–H and O–H groups in total. The smallest absolute Gasteiger partial charge is 0.262 e. The minimum Gasteiger partial charge on any atom is -0.497 e. The molecule has 4 aromatic rings. The summed E-state index contributed by atoms with van der Waals surface area (Å²) in [7, 11) is 3.24. The van der Waals surface area contributed by atoms with Crippen molar-refractivity contribution in [3.05, 3.63) is 76.8 Å². The summed E-state index contributed by atoms with van der Waals surface area (Å²) in [5, 5.41) is 0.534. The third-order valence-electron chi connectivity index (χ3n) is 6.25. The Bertz CT molecular complexity index is 1400. The molecule has 1 fully saturated rings. The second-order valence-corrected chi connectivity index (χ2v) is 9.26. The van der Waals surface area contributed by atoms with Gasteiger partial charge in [0.2, 0.25) is 5.91 Å². The SMILES string of the molecule is COc1ccc(OC)c([C@H]2CCCN2C(=O)Cn2cnc3sc(-c4ccccc4)cc3c2=O)c1. The number of rotatable bonds is 6. The van der Waals surface area contributed by atoms with E-state index in [4.69, 9.17) is 9.47 Å². The highest BCUT2D eigenvalue weighted by molar-refractivity contribution is 7.21. The largest absolute Gasteiger partial charge is 0.497 e. The molecule has 0 radical (unpaired) electrons. The van der Waals surface area contributed by atoms with Crippen LogP contribution in [0.5, 0.6) is 11.5 Å². The molecule has 34 heavy (non-hydrogen) atoms. The van der Waals surface area contributed by atoms with E-state index in [2.05, 4.69) is 4.98 Å². The molecule has 3 heterocycles. The molecule has 1 aliphatic rings. The molecule has 0 bridgehead atoms. The van der Waals surface area contributed by atoms with Crippen molar-refractivity contribution in [2.45, 2.75) is 25.4 Å². The topological polar surface area (TPSA) is 73.7 Å². The van der Waals surface area contributed by atoms with Crippen LogP contribution in [0.25, 0.3) is 20.7 Å². The van der Waals surface area contributed by atoms with Crippen molar-refractivity contribution in [3.8, 4) is 21.9 Å². The lowest BCUT2D eigenvalue weighted by Crippen LogP contribution is -2.36. The van der Waals surface area contributed by atoms with Crippen LogP contribution in [0.4, 0.5) is 0 Å². The van der Waals surface area contributed by atoms with E-state index in [-0.39, 0.29) is 24.1 Å². The molecule has 1 aliphatic heterocycles. The molecule has 174 valence electrons. The van der Waals surface area contributed by atoms with E-state index in [0.717, 1.165) is 34.6 Å². The Morgan fingerprint density at radius 3 is 2.71 bits per heavy atom. The monoisotopic (exact) mass is 475 g/mol. The Balaban J connectivity index is 1.42. The van der Waals surface area contributed by atoms with Crippen molar-refractivity contribution in [2.24, 2.45) is 0 Å². The maximum atomic E-state index is 13.3. The van der Waals surface area contributed by atoms with E-state index in [0.29, 0.717) is 22.5 Å². The fraction of sp³-hybridized carbons (Fsp3) is 0.269. The number of benzene rings is 2. The molecule has 1 saturated heterocycles. The maximum Gasteiger partial charge on any atom is 0.262 e. The number of carbonyl (C=O) groups is 1. The summed E-state index contributed by atoms with van der Waals surface area (Å²) in [6.07, 6.45) is 3.19. The number of hydrogen-bond acceptors (Lipinski definition) is 6. The standard InChI is InChI=1S/C26H25N3O4S/c1-32-18-10-11-22(33-2)19(13-18)21-9-6-12-29(21)24(30)15-28-16-27-25-20(26(28)31)14-23(34-25)17-7-4-3-5-8-17/h3-5,7-8,10-11,13-14,16,21H,6,9,12,15H2,1-2H3/t21-/m1/s1. The molecule has 8 heteroatoms. The second kappa shape index (κ2) is 9.30. The fourth-order valence-electron chi connectivity index (χ4n) is 4.54. The van der Waals surface area contributed by atoms with Crippen LogP contribution in [0.15, 0.2) is 65.7 Å². The van der Waals surface area contributed by atoms with Gasteiger partial charge in [0.25, 0.3) is 5.56 Å². The molecule has 7 nitrogen and oxygen atoms in total. The van der Waals surface area contributed by atoms with Gasteiger partial charge in [0.05, 0.1) is 32.0 Å². The van der Waals surface area contributed by atoms with Crippen molar-refractivity contribution in [3.63, 3.8) is 0 Å². The van der Waals surface area contributed by atoms with Crippen LogP contribution in [-0.2, 0) is 11.3 Å². The minimum absolute atomic E-state index is 0.0545. The first kappa shape index (κ1) is 22.2. The number of ether oxygens (including phenoxy) is 2. The first-order valence-corrected chi connectivity index (χ1v) is 12.0. The highest BCUT2D eigenvalue weighted by Crippen LogP contribution is 2.39. The Kier molecular flexibility index (Phi) is 6.06. The number of methoxy groups -OCH3 is 2. The third-order valence-corrected chi connectivity index (χ3v) is 7.34. The molecular weight excluding hydrogens is 450 g/mol. The second-order valence-electron chi connectivity index (χ2n) is 8.23. The summed E-state index contributed by atoms with van der Waals surface area (Å²) in [5.74, 6) is 1.32. The van der Waals surface area contributed by atoms with E-state index in [9.17, 15) is 9.59 Å². The van der Waals surface area contributed by atoms with Crippen LogP contribution in [0.2, 0.25) is 0 Å². The molecular formula is C26H25N3O4S. The van der Waals surface area contributed by atoms with Crippen LogP contribution in [0.3, 0.4) is 0 Å². The number of fused-ring (bicyclic) bond motifs is 1. The van der Waals surface area contributed by atoms with Gasteiger partial charge in [-0.1, -0.05) is 30.3 Å². The van der Waals surface area contributed by atoms with Gasteiger partial charge in [-0.3, -0.25) is 14.2 Å². The van der Waals surface area contributed by atoms with E-state index < -0.39 is 0 Å². The Morgan fingerprint density at radius 2 is 1.94 bits per heavy atom. The molecule has 0 spiro atoms. The quantitative estimate of drug-likeness (QED) is 0.410. The van der Waals surface area contributed by atoms with E-state index in [1.165, 1.54) is 22.2 Å². The van der Waals surface area contributed by atoms with Crippen LogP contribution >= 0.6 is 11.3 Å². The predicted octanol–water partition coefficient (Wildman–Crippen LogP) is 4.51.